The van der Waals surface area contributed by atoms with Gasteiger partial charge in [0.05, 0.1) is 28.4 Å². The topological polar surface area (TPSA) is 98.5 Å². The SMILES string of the molecule is CCSc1n[nH]c(-n2ccc3nc4ccn(Cc5ccccc5)c(=O)c4cc3c2=O)n1. The Labute approximate surface area is 180 Å². The average molecular weight is 430 g/mol. The number of hydrogen-bond acceptors (Lipinski definition) is 6. The number of nitrogens with zero attached hydrogens (tertiary/aromatic N) is 5. The highest BCUT2D eigenvalue weighted by Crippen LogP contribution is 2.16. The van der Waals surface area contributed by atoms with Gasteiger partial charge in [-0.05, 0) is 29.5 Å². The fraction of sp³-hybridized carbons (Fsp3) is 0.136. The van der Waals surface area contributed by atoms with Crippen LogP contribution < -0.4 is 11.1 Å². The number of pyridine rings is 3. The van der Waals surface area contributed by atoms with E-state index in [1.54, 1.807) is 35.2 Å². The second-order valence-electron chi connectivity index (χ2n) is 6.95. The number of rotatable bonds is 5. The van der Waals surface area contributed by atoms with E-state index >= 15 is 0 Å². The molecule has 0 unspecified atom stereocenters. The molecule has 0 atom stereocenters. The zero-order valence-corrected chi connectivity index (χ0v) is 17.5. The minimum absolute atomic E-state index is 0.188. The van der Waals surface area contributed by atoms with Crippen LogP contribution >= 0.6 is 11.8 Å². The summed E-state index contributed by atoms with van der Waals surface area (Å²) in [5.41, 5.74) is 1.60. The molecule has 0 aliphatic heterocycles. The van der Waals surface area contributed by atoms with Gasteiger partial charge in [0, 0.05) is 12.4 Å². The summed E-state index contributed by atoms with van der Waals surface area (Å²) in [6.07, 6.45) is 3.35. The predicted molar refractivity (Wildman–Crippen MR) is 121 cm³/mol. The van der Waals surface area contributed by atoms with E-state index in [0.717, 1.165) is 11.3 Å². The molecule has 0 amide bonds. The fourth-order valence-corrected chi connectivity index (χ4v) is 4.00. The monoisotopic (exact) mass is 430 g/mol. The molecule has 31 heavy (non-hydrogen) atoms. The van der Waals surface area contributed by atoms with Crippen LogP contribution in [-0.4, -0.2) is 35.1 Å². The average Bonchev–Trinajstić information content (AvgIpc) is 3.25. The molecule has 1 aromatic carbocycles. The Bertz CT molecular complexity index is 1520. The van der Waals surface area contributed by atoms with Crippen molar-refractivity contribution in [2.75, 3.05) is 5.75 Å². The van der Waals surface area contributed by atoms with Crippen LogP contribution in [0.15, 0.2) is 75.7 Å². The van der Waals surface area contributed by atoms with E-state index < -0.39 is 0 Å². The molecule has 0 spiro atoms. The third-order valence-corrected chi connectivity index (χ3v) is 5.70. The molecule has 5 rings (SSSR count). The maximum Gasteiger partial charge on any atom is 0.266 e. The lowest BCUT2D eigenvalue weighted by Gasteiger charge is -2.08. The maximum atomic E-state index is 13.1. The number of nitrogens with one attached hydrogen (secondary N) is 1. The molecule has 0 radical (unpaired) electrons. The molecule has 0 bridgehead atoms. The first-order valence-electron chi connectivity index (χ1n) is 9.79. The number of H-pyrrole nitrogens is 1. The largest absolute Gasteiger partial charge is 0.310 e. The van der Waals surface area contributed by atoms with Crippen molar-refractivity contribution < 1.29 is 0 Å². The van der Waals surface area contributed by atoms with E-state index in [4.69, 9.17) is 0 Å². The van der Waals surface area contributed by atoms with Gasteiger partial charge in [-0.2, -0.15) is 4.98 Å². The van der Waals surface area contributed by atoms with Gasteiger partial charge in [-0.25, -0.2) is 10.1 Å². The van der Waals surface area contributed by atoms with Crippen LogP contribution in [-0.2, 0) is 6.54 Å². The second-order valence-corrected chi connectivity index (χ2v) is 8.19. The first-order valence-corrected chi connectivity index (χ1v) is 10.8. The predicted octanol–water partition coefficient (Wildman–Crippen LogP) is 2.98. The van der Waals surface area contributed by atoms with E-state index in [1.807, 2.05) is 37.3 Å². The number of hydrogen-bond donors (Lipinski definition) is 1. The standard InChI is InChI=1S/C22H18N6O2S/c1-2-31-22-24-21(25-26-22)28-11-9-18-16(20(28)30)12-15-17(23-18)8-10-27(19(15)29)13-14-6-4-3-5-7-14/h3-12H,2,13H2,1H3,(H,24,25,26). The van der Waals surface area contributed by atoms with E-state index in [9.17, 15) is 9.59 Å². The number of aromatic amines is 1. The van der Waals surface area contributed by atoms with Crippen molar-refractivity contribution in [1.29, 1.82) is 0 Å². The summed E-state index contributed by atoms with van der Waals surface area (Å²) in [5, 5.41) is 8.24. The first kappa shape index (κ1) is 19.3. The van der Waals surface area contributed by atoms with Gasteiger partial charge in [-0.3, -0.25) is 14.2 Å². The Morgan fingerprint density at radius 1 is 0.935 bits per heavy atom. The van der Waals surface area contributed by atoms with Gasteiger partial charge in [-0.15, -0.1) is 5.10 Å². The third-order valence-electron chi connectivity index (χ3n) is 4.97. The maximum absolute atomic E-state index is 13.1. The van der Waals surface area contributed by atoms with E-state index in [1.165, 1.54) is 16.3 Å². The van der Waals surface area contributed by atoms with E-state index in [0.29, 0.717) is 39.5 Å². The summed E-state index contributed by atoms with van der Waals surface area (Å²) in [4.78, 5) is 35.1. The lowest BCUT2D eigenvalue weighted by Crippen LogP contribution is -2.22. The fourth-order valence-electron chi connectivity index (χ4n) is 3.48. The second kappa shape index (κ2) is 7.84. The molecule has 9 heteroatoms. The van der Waals surface area contributed by atoms with Crippen LogP contribution in [0.5, 0.6) is 0 Å². The molecule has 4 aromatic heterocycles. The molecule has 8 nitrogen and oxygen atoms in total. The van der Waals surface area contributed by atoms with E-state index in [-0.39, 0.29) is 11.1 Å². The van der Waals surface area contributed by atoms with Gasteiger partial charge >= 0.3 is 0 Å². The molecule has 0 saturated carbocycles. The highest BCUT2D eigenvalue weighted by atomic mass is 32.2. The number of fused-ring (bicyclic) bond motifs is 2. The summed E-state index contributed by atoms with van der Waals surface area (Å²) in [6, 6.07) is 14.9. The van der Waals surface area contributed by atoms with Crippen LogP contribution in [0.1, 0.15) is 12.5 Å². The first-order chi connectivity index (χ1) is 15.1. The summed E-state index contributed by atoms with van der Waals surface area (Å²) in [6.45, 7) is 2.45. The molecule has 4 heterocycles. The molecule has 0 aliphatic carbocycles. The summed E-state index contributed by atoms with van der Waals surface area (Å²) in [7, 11) is 0. The van der Waals surface area contributed by atoms with Gasteiger partial charge in [0.15, 0.2) is 0 Å². The molecule has 0 fully saturated rings. The van der Waals surface area contributed by atoms with Crippen molar-refractivity contribution in [3.63, 3.8) is 0 Å². The Morgan fingerprint density at radius 2 is 1.68 bits per heavy atom. The molecule has 1 N–H and O–H groups in total. The number of benzene rings is 1. The molecular weight excluding hydrogens is 412 g/mol. The van der Waals surface area contributed by atoms with Gasteiger partial charge in [0.25, 0.3) is 11.1 Å². The van der Waals surface area contributed by atoms with Gasteiger partial charge in [0.2, 0.25) is 11.1 Å². The Hall–Kier alpha value is -3.72. The molecular formula is C22H18N6O2S. The Kier molecular flexibility index (Phi) is 4.87. The van der Waals surface area contributed by atoms with Gasteiger partial charge in [-0.1, -0.05) is 49.0 Å². The highest BCUT2D eigenvalue weighted by Gasteiger charge is 2.13. The minimum atomic E-state index is -0.311. The number of aromatic nitrogens is 6. The summed E-state index contributed by atoms with van der Waals surface area (Å²) < 4.78 is 3.01. The summed E-state index contributed by atoms with van der Waals surface area (Å²) >= 11 is 1.48. The van der Waals surface area contributed by atoms with Crippen LogP contribution in [0.4, 0.5) is 0 Å². The number of thioether (sulfide) groups is 1. The third kappa shape index (κ3) is 3.53. The smallest absolute Gasteiger partial charge is 0.266 e. The molecule has 0 aliphatic rings. The van der Waals surface area contributed by atoms with Gasteiger partial charge < -0.3 is 4.57 Å². The highest BCUT2D eigenvalue weighted by molar-refractivity contribution is 7.99. The molecule has 0 saturated heterocycles. The quantitative estimate of drug-likeness (QED) is 0.340. The lowest BCUT2D eigenvalue weighted by molar-refractivity contribution is 0.767. The van der Waals surface area contributed by atoms with Crippen LogP contribution in [0.2, 0.25) is 0 Å². The van der Waals surface area contributed by atoms with Crippen LogP contribution in [0.25, 0.3) is 27.8 Å². The van der Waals surface area contributed by atoms with Crippen molar-refractivity contribution in [2.45, 2.75) is 18.6 Å². The zero-order valence-electron chi connectivity index (χ0n) is 16.6. The van der Waals surface area contributed by atoms with E-state index in [2.05, 4.69) is 20.2 Å². The van der Waals surface area contributed by atoms with Crippen molar-refractivity contribution >= 4 is 33.6 Å². The van der Waals surface area contributed by atoms with Crippen molar-refractivity contribution in [3.8, 4) is 5.95 Å². The Balaban J connectivity index is 1.64. The molecule has 5 aromatic rings. The lowest BCUT2D eigenvalue weighted by atomic mass is 10.1. The normalized spacial score (nSPS) is 11.4. The van der Waals surface area contributed by atoms with Crippen LogP contribution in [0.3, 0.4) is 0 Å². The van der Waals surface area contributed by atoms with Crippen molar-refractivity contribution in [2.24, 2.45) is 0 Å². The van der Waals surface area contributed by atoms with Gasteiger partial charge in [0.1, 0.15) is 0 Å². The zero-order chi connectivity index (χ0) is 21.4. The summed E-state index contributed by atoms with van der Waals surface area (Å²) in [5.74, 6) is 1.16. The van der Waals surface area contributed by atoms with Crippen molar-refractivity contribution in [3.05, 3.63) is 87.2 Å². The minimum Gasteiger partial charge on any atom is -0.310 e. The Morgan fingerprint density at radius 3 is 2.45 bits per heavy atom. The van der Waals surface area contributed by atoms with Crippen molar-refractivity contribution in [1.82, 2.24) is 29.3 Å². The molecule has 154 valence electrons. The van der Waals surface area contributed by atoms with Crippen LogP contribution in [0, 0.1) is 0 Å².